The maximum absolute atomic E-state index is 11.7. The summed E-state index contributed by atoms with van der Waals surface area (Å²) in [6, 6.07) is 32.4. The molecule has 1 N–H and O–H groups in total. The summed E-state index contributed by atoms with van der Waals surface area (Å²) in [7, 11) is 0. The molecule has 0 aliphatic heterocycles. The van der Waals surface area contributed by atoms with E-state index in [2.05, 4.69) is 120 Å². The molecule has 0 unspecified atom stereocenters. The first kappa shape index (κ1) is 38.9. The Hall–Kier alpha value is -3.85. The monoisotopic (exact) mass is 843 g/mol. The molecule has 263 valence electrons. The van der Waals surface area contributed by atoms with Gasteiger partial charge < -0.3 is 5.11 Å². The summed E-state index contributed by atoms with van der Waals surface area (Å²) in [6.07, 6.45) is 4.91. The number of aryl methyl sites for hydroxylation is 3. The van der Waals surface area contributed by atoms with Gasteiger partial charge in [-0.3, -0.25) is 9.78 Å². The zero-order valence-electron chi connectivity index (χ0n) is 31.2. The van der Waals surface area contributed by atoms with Gasteiger partial charge in [-0.1, -0.05) is 116 Å². The summed E-state index contributed by atoms with van der Waals surface area (Å²) < 4.78 is 0. The number of pyridine rings is 1. The zero-order chi connectivity index (χ0) is 35.5. The van der Waals surface area contributed by atoms with Gasteiger partial charge in [0.05, 0.1) is 11.3 Å². The van der Waals surface area contributed by atoms with E-state index < -0.39 is 0 Å². The summed E-state index contributed by atoms with van der Waals surface area (Å²) in [6.45, 7) is 19.1. The summed E-state index contributed by atoms with van der Waals surface area (Å²) >= 11 is 0. The fourth-order valence-electron chi connectivity index (χ4n) is 7.42. The van der Waals surface area contributed by atoms with Crippen LogP contribution in [0.15, 0.2) is 90.7 Å². The molecule has 5 aromatic rings. The van der Waals surface area contributed by atoms with E-state index in [0.29, 0.717) is 0 Å². The van der Waals surface area contributed by atoms with Crippen molar-refractivity contribution in [2.45, 2.75) is 93.4 Å². The third kappa shape index (κ3) is 8.03. The first-order valence-corrected chi connectivity index (χ1v) is 18.0. The fraction of sp³-hybridized carbons (Fsp3) is 0.348. The van der Waals surface area contributed by atoms with Gasteiger partial charge in [0.1, 0.15) is 0 Å². The number of aliphatic hydroxyl groups is 1. The molecule has 4 aromatic carbocycles. The van der Waals surface area contributed by atoms with E-state index in [0.717, 1.165) is 48.0 Å². The molecule has 1 radical (unpaired) electrons. The van der Waals surface area contributed by atoms with Crippen LogP contribution in [-0.4, -0.2) is 15.9 Å². The molecule has 0 atom stereocenters. The third-order valence-corrected chi connectivity index (χ3v) is 10.3. The second-order valence-corrected chi connectivity index (χ2v) is 14.3. The van der Waals surface area contributed by atoms with Crippen LogP contribution >= 0.6 is 0 Å². The van der Waals surface area contributed by atoms with E-state index in [9.17, 15) is 9.90 Å². The van der Waals surface area contributed by atoms with Gasteiger partial charge in [-0.15, -0.1) is 34.9 Å². The Morgan fingerprint density at radius 1 is 0.760 bits per heavy atom. The van der Waals surface area contributed by atoms with Crippen LogP contribution in [0.2, 0.25) is 0 Å². The van der Waals surface area contributed by atoms with Crippen LogP contribution in [0.4, 0.5) is 0 Å². The summed E-state index contributed by atoms with van der Waals surface area (Å²) in [4.78, 5) is 16.9. The maximum Gasteiger partial charge on any atom is 0.162 e. The van der Waals surface area contributed by atoms with Gasteiger partial charge in [0.2, 0.25) is 0 Å². The molecular weight excluding hydrogens is 791 g/mol. The zero-order valence-corrected chi connectivity index (χ0v) is 33.6. The standard InChI is InChI=1S/C33H28N.C13H24O2.Ir/c1-20-9-8-10-23(14-20)26-18-31(24-15-21(2)13-22(3)16-24)34-32-19-30-27(17-28(26)32)25-11-6-7-12-29(25)33(30,4)5;1-5-10(6-2)12(14)9-13(15)11(7-3)8-4;/h6-15,17-19H,1-5H3;9-11,14H,5-8H2,1-4H3;/q-1;;/b;12-9-;. The van der Waals surface area contributed by atoms with Crippen molar-refractivity contribution >= 4 is 16.7 Å². The molecule has 0 spiro atoms. The van der Waals surface area contributed by atoms with Crippen molar-refractivity contribution in [2.24, 2.45) is 11.8 Å². The molecule has 1 aliphatic carbocycles. The average Bonchev–Trinajstić information content (AvgIpc) is 3.29. The molecule has 0 saturated heterocycles. The maximum atomic E-state index is 11.7. The summed E-state index contributed by atoms with van der Waals surface area (Å²) in [5.74, 6) is 0.547. The van der Waals surface area contributed by atoms with Crippen LogP contribution in [0.5, 0.6) is 0 Å². The van der Waals surface area contributed by atoms with Crippen LogP contribution in [0.1, 0.15) is 95.0 Å². The van der Waals surface area contributed by atoms with Crippen LogP contribution in [0.3, 0.4) is 0 Å². The molecule has 1 aromatic heterocycles. The molecule has 0 amide bonds. The van der Waals surface area contributed by atoms with Crippen molar-refractivity contribution in [3.63, 3.8) is 0 Å². The largest absolute Gasteiger partial charge is 0.512 e. The first-order valence-electron chi connectivity index (χ1n) is 18.0. The molecule has 0 fully saturated rings. The van der Waals surface area contributed by atoms with Crippen molar-refractivity contribution < 1.29 is 30.0 Å². The minimum absolute atomic E-state index is 0. The Bertz CT molecular complexity index is 1990. The molecule has 4 heteroatoms. The number of aromatic nitrogens is 1. The van der Waals surface area contributed by atoms with Gasteiger partial charge in [-0.2, -0.15) is 0 Å². The number of benzene rings is 4. The number of ketones is 1. The molecule has 50 heavy (non-hydrogen) atoms. The molecule has 1 heterocycles. The Morgan fingerprint density at radius 3 is 2.08 bits per heavy atom. The van der Waals surface area contributed by atoms with E-state index in [-0.39, 0.29) is 48.9 Å². The van der Waals surface area contributed by atoms with Crippen molar-refractivity contribution in [3.8, 4) is 33.5 Å². The first-order chi connectivity index (χ1) is 23.4. The number of aliphatic hydroxyl groups excluding tert-OH is 1. The topological polar surface area (TPSA) is 50.2 Å². The van der Waals surface area contributed by atoms with Gasteiger partial charge in [0.15, 0.2) is 5.78 Å². The van der Waals surface area contributed by atoms with Crippen molar-refractivity contribution in [2.75, 3.05) is 0 Å². The number of allylic oxidation sites excluding steroid dienone is 2. The smallest absolute Gasteiger partial charge is 0.162 e. The molecular formula is C46H52IrNO2-. The van der Waals surface area contributed by atoms with E-state index in [4.69, 9.17) is 4.98 Å². The Morgan fingerprint density at radius 2 is 1.44 bits per heavy atom. The van der Waals surface area contributed by atoms with Crippen LogP contribution in [0.25, 0.3) is 44.4 Å². The van der Waals surface area contributed by atoms with Crippen LogP contribution in [0, 0.1) is 38.7 Å². The van der Waals surface area contributed by atoms with Gasteiger partial charge in [-0.05, 0) is 83.8 Å². The van der Waals surface area contributed by atoms with Gasteiger partial charge >= 0.3 is 0 Å². The van der Waals surface area contributed by atoms with Gasteiger partial charge in [0, 0.05) is 48.8 Å². The number of hydrogen-bond acceptors (Lipinski definition) is 3. The minimum atomic E-state index is -0.0483. The number of fused-ring (bicyclic) bond motifs is 4. The van der Waals surface area contributed by atoms with E-state index in [1.807, 2.05) is 27.7 Å². The van der Waals surface area contributed by atoms with E-state index in [1.54, 1.807) is 0 Å². The summed E-state index contributed by atoms with van der Waals surface area (Å²) in [5, 5.41) is 11.0. The number of rotatable bonds is 9. The Kier molecular flexibility index (Phi) is 12.8. The predicted octanol–water partition coefficient (Wildman–Crippen LogP) is 12.5. The second kappa shape index (κ2) is 16.4. The van der Waals surface area contributed by atoms with Crippen molar-refractivity contribution in [1.82, 2.24) is 4.98 Å². The number of nitrogens with zero attached hydrogens (tertiary/aromatic N) is 1. The number of carbonyl (C=O) groups excluding carboxylic acids is 1. The predicted molar refractivity (Wildman–Crippen MR) is 207 cm³/mol. The molecule has 0 saturated carbocycles. The molecule has 3 nitrogen and oxygen atoms in total. The molecule has 6 rings (SSSR count). The normalized spacial score (nSPS) is 13.1. The Balaban J connectivity index is 0.000000301. The number of hydrogen-bond donors (Lipinski definition) is 1. The fourth-order valence-corrected chi connectivity index (χ4v) is 7.42. The van der Waals surface area contributed by atoms with Crippen molar-refractivity contribution in [3.05, 3.63) is 125 Å². The van der Waals surface area contributed by atoms with E-state index >= 15 is 0 Å². The van der Waals surface area contributed by atoms with Gasteiger partial charge in [0.25, 0.3) is 0 Å². The quantitative estimate of drug-likeness (QED) is 0.0914. The van der Waals surface area contributed by atoms with Gasteiger partial charge in [-0.25, -0.2) is 0 Å². The third-order valence-electron chi connectivity index (χ3n) is 10.3. The van der Waals surface area contributed by atoms with Crippen LogP contribution < -0.4 is 0 Å². The SMILES string of the molecule is CCC(CC)C(=O)/C=C(\O)C(CC)CC.Cc1[c-]c(-c2cc(-c3cccc(C)c3)c3cc4c(cc3n2)C(C)(C)c2ccccc2-4)cc(C)c1.[Ir]. The van der Waals surface area contributed by atoms with E-state index in [1.165, 1.54) is 56.0 Å². The number of carbonyl (C=O) groups is 1. The van der Waals surface area contributed by atoms with Crippen molar-refractivity contribution in [1.29, 1.82) is 0 Å². The second-order valence-electron chi connectivity index (χ2n) is 14.3. The minimum Gasteiger partial charge on any atom is -0.512 e. The summed E-state index contributed by atoms with van der Waals surface area (Å²) in [5.41, 5.74) is 14.5. The average molecular weight is 843 g/mol. The molecule has 0 bridgehead atoms. The molecule has 1 aliphatic rings. The Labute approximate surface area is 313 Å². The van der Waals surface area contributed by atoms with Crippen LogP contribution in [-0.2, 0) is 30.3 Å².